The van der Waals surface area contributed by atoms with Gasteiger partial charge in [-0.25, -0.2) is 9.59 Å². The molecule has 0 radical (unpaired) electrons. The molecule has 0 aliphatic heterocycles. The molecule has 0 aromatic heterocycles. The molecule has 8 heteroatoms. The number of ether oxygens (including phenoxy) is 3. The van der Waals surface area contributed by atoms with Gasteiger partial charge in [-0.3, -0.25) is 9.59 Å². The van der Waals surface area contributed by atoms with Gasteiger partial charge in [-0.15, -0.1) is 0 Å². The second-order valence-corrected chi connectivity index (χ2v) is 8.04. The molecule has 4 aromatic rings. The van der Waals surface area contributed by atoms with Crippen LogP contribution in [0.5, 0.6) is 11.5 Å². The highest BCUT2D eigenvalue weighted by Crippen LogP contribution is 2.17. The molecule has 0 aliphatic carbocycles. The molecule has 4 rings (SSSR count). The van der Waals surface area contributed by atoms with Gasteiger partial charge in [0.1, 0.15) is 11.5 Å². The van der Waals surface area contributed by atoms with Gasteiger partial charge in [0.25, 0.3) is 5.91 Å². The third-order valence-electron chi connectivity index (χ3n) is 5.46. The molecule has 190 valence electrons. The Kier molecular flexibility index (Phi) is 8.25. The average molecular weight is 510 g/mol. The van der Waals surface area contributed by atoms with E-state index in [1.54, 1.807) is 73.8 Å². The molecule has 0 saturated heterocycles. The SMILES string of the molecule is COc1ccc(C(=O)Nc2ccc(C(=O)OCC(=O)c3ccc(OC(=O)c4ccccc4)cc3)cc2)cc1. The molecule has 1 N–H and O–H groups in total. The van der Waals surface area contributed by atoms with Crippen LogP contribution in [-0.2, 0) is 4.74 Å². The summed E-state index contributed by atoms with van der Waals surface area (Å²) in [6.45, 7) is -0.460. The van der Waals surface area contributed by atoms with Gasteiger partial charge in [0.15, 0.2) is 12.4 Å². The van der Waals surface area contributed by atoms with Crippen LogP contribution >= 0.6 is 0 Å². The predicted molar refractivity (Wildman–Crippen MR) is 140 cm³/mol. The third kappa shape index (κ3) is 6.70. The molecule has 0 saturated carbocycles. The summed E-state index contributed by atoms with van der Waals surface area (Å²) in [5, 5.41) is 2.74. The molecule has 0 fully saturated rings. The Balaban J connectivity index is 1.27. The Morgan fingerprint density at radius 1 is 0.605 bits per heavy atom. The number of hydrogen-bond acceptors (Lipinski definition) is 7. The van der Waals surface area contributed by atoms with Crippen LogP contribution in [0.25, 0.3) is 0 Å². The van der Waals surface area contributed by atoms with Crippen LogP contribution in [0.3, 0.4) is 0 Å². The quantitative estimate of drug-likeness (QED) is 0.188. The molecule has 8 nitrogen and oxygen atoms in total. The van der Waals surface area contributed by atoms with E-state index in [9.17, 15) is 19.2 Å². The van der Waals surface area contributed by atoms with Crippen LogP contribution in [0.4, 0.5) is 5.69 Å². The molecule has 0 atom stereocenters. The summed E-state index contributed by atoms with van der Waals surface area (Å²) < 4.78 is 15.5. The van der Waals surface area contributed by atoms with E-state index in [1.165, 1.54) is 36.4 Å². The van der Waals surface area contributed by atoms with Gasteiger partial charge in [0, 0.05) is 16.8 Å². The number of ketones is 1. The summed E-state index contributed by atoms with van der Waals surface area (Å²) in [4.78, 5) is 49.3. The fourth-order valence-electron chi connectivity index (χ4n) is 3.38. The van der Waals surface area contributed by atoms with Crippen molar-refractivity contribution in [3.63, 3.8) is 0 Å². The molecule has 0 heterocycles. The number of esters is 2. The van der Waals surface area contributed by atoms with Crippen LogP contribution in [-0.4, -0.2) is 37.3 Å². The zero-order chi connectivity index (χ0) is 26.9. The molecule has 0 spiro atoms. The van der Waals surface area contributed by atoms with Crippen molar-refractivity contribution in [2.45, 2.75) is 0 Å². The lowest BCUT2D eigenvalue weighted by atomic mass is 10.1. The standard InChI is InChI=1S/C30H23NO7/c1-36-25-15-11-21(12-16-25)28(33)31-24-13-7-23(8-14-24)29(34)37-19-27(32)20-9-17-26(18-10-20)38-30(35)22-5-3-2-4-6-22/h2-18H,19H2,1H3,(H,31,33). The van der Waals surface area contributed by atoms with E-state index in [2.05, 4.69) is 5.32 Å². The number of amides is 1. The van der Waals surface area contributed by atoms with Crippen LogP contribution in [0.15, 0.2) is 103 Å². The fourth-order valence-corrected chi connectivity index (χ4v) is 3.38. The van der Waals surface area contributed by atoms with Gasteiger partial charge in [-0.1, -0.05) is 18.2 Å². The Labute approximate surface area is 218 Å². The highest BCUT2D eigenvalue weighted by Gasteiger charge is 2.14. The van der Waals surface area contributed by atoms with Crippen molar-refractivity contribution in [3.8, 4) is 11.5 Å². The minimum atomic E-state index is -0.681. The van der Waals surface area contributed by atoms with E-state index in [1.807, 2.05) is 0 Å². The van der Waals surface area contributed by atoms with Gasteiger partial charge in [-0.05, 0) is 84.9 Å². The van der Waals surface area contributed by atoms with Crippen molar-refractivity contribution in [1.29, 1.82) is 0 Å². The van der Waals surface area contributed by atoms with E-state index in [-0.39, 0.29) is 17.2 Å². The van der Waals surface area contributed by atoms with Gasteiger partial charge >= 0.3 is 11.9 Å². The topological polar surface area (TPSA) is 108 Å². The first-order chi connectivity index (χ1) is 18.4. The molecule has 38 heavy (non-hydrogen) atoms. The zero-order valence-electron chi connectivity index (χ0n) is 20.4. The number of carbonyl (C=O) groups is 4. The first-order valence-electron chi connectivity index (χ1n) is 11.6. The summed E-state index contributed by atoms with van der Waals surface area (Å²) >= 11 is 0. The van der Waals surface area contributed by atoms with Crippen molar-refractivity contribution in [3.05, 3.63) is 125 Å². The predicted octanol–water partition coefficient (Wildman–Crippen LogP) is 5.21. The maximum atomic E-state index is 12.4. The summed E-state index contributed by atoms with van der Waals surface area (Å²) in [6, 6.07) is 27.3. The van der Waals surface area contributed by atoms with E-state index < -0.39 is 24.3 Å². The van der Waals surface area contributed by atoms with Crippen LogP contribution in [0.2, 0.25) is 0 Å². The molecular formula is C30H23NO7. The maximum absolute atomic E-state index is 12.4. The second-order valence-electron chi connectivity index (χ2n) is 8.04. The molecule has 4 aromatic carbocycles. The summed E-state index contributed by atoms with van der Waals surface area (Å²) in [5.74, 6) is -0.988. The Hall–Kier alpha value is -5.24. The van der Waals surface area contributed by atoms with Crippen molar-refractivity contribution in [1.82, 2.24) is 0 Å². The zero-order valence-corrected chi connectivity index (χ0v) is 20.4. The van der Waals surface area contributed by atoms with E-state index >= 15 is 0 Å². The molecule has 0 unspecified atom stereocenters. The molecule has 1 amide bonds. The lowest BCUT2D eigenvalue weighted by Crippen LogP contribution is -2.15. The van der Waals surface area contributed by atoms with Crippen LogP contribution < -0.4 is 14.8 Å². The number of nitrogens with one attached hydrogen (secondary N) is 1. The number of carbonyl (C=O) groups excluding carboxylic acids is 4. The first-order valence-corrected chi connectivity index (χ1v) is 11.6. The van der Waals surface area contributed by atoms with Crippen molar-refractivity contribution in [2.75, 3.05) is 19.0 Å². The molecule has 0 aliphatic rings. The molecule has 0 bridgehead atoms. The number of anilines is 1. The van der Waals surface area contributed by atoms with Gasteiger partial charge in [-0.2, -0.15) is 0 Å². The number of benzene rings is 4. The fraction of sp³-hybridized carbons (Fsp3) is 0.0667. The van der Waals surface area contributed by atoms with Gasteiger partial charge in [0.2, 0.25) is 0 Å². The highest BCUT2D eigenvalue weighted by atomic mass is 16.5. The van der Waals surface area contributed by atoms with Gasteiger partial charge < -0.3 is 19.5 Å². The minimum Gasteiger partial charge on any atom is -0.497 e. The lowest BCUT2D eigenvalue weighted by molar-refractivity contribution is 0.0474. The lowest BCUT2D eigenvalue weighted by Gasteiger charge is -2.08. The number of hydrogen-bond donors (Lipinski definition) is 1. The van der Waals surface area contributed by atoms with Crippen molar-refractivity contribution < 1.29 is 33.4 Å². The van der Waals surface area contributed by atoms with Crippen molar-refractivity contribution >= 4 is 29.3 Å². The average Bonchev–Trinajstić information content (AvgIpc) is 2.97. The summed E-state index contributed by atoms with van der Waals surface area (Å²) in [5.41, 5.74) is 1.88. The minimum absolute atomic E-state index is 0.225. The highest BCUT2D eigenvalue weighted by molar-refractivity contribution is 6.04. The second kappa shape index (κ2) is 12.1. The third-order valence-corrected chi connectivity index (χ3v) is 5.46. The number of Topliss-reactive ketones (excluding diaryl/α,β-unsaturated/α-hetero) is 1. The Morgan fingerprint density at radius 3 is 1.79 bits per heavy atom. The van der Waals surface area contributed by atoms with E-state index in [4.69, 9.17) is 14.2 Å². The largest absolute Gasteiger partial charge is 0.497 e. The Morgan fingerprint density at radius 2 is 1.16 bits per heavy atom. The number of methoxy groups -OCH3 is 1. The maximum Gasteiger partial charge on any atom is 0.343 e. The van der Waals surface area contributed by atoms with Gasteiger partial charge in [0.05, 0.1) is 18.2 Å². The van der Waals surface area contributed by atoms with E-state index in [0.29, 0.717) is 28.1 Å². The monoisotopic (exact) mass is 509 g/mol. The normalized spacial score (nSPS) is 10.2. The van der Waals surface area contributed by atoms with Crippen LogP contribution in [0.1, 0.15) is 41.4 Å². The van der Waals surface area contributed by atoms with E-state index in [0.717, 1.165) is 0 Å². The van der Waals surface area contributed by atoms with Crippen LogP contribution in [0, 0.1) is 0 Å². The summed E-state index contributed by atoms with van der Waals surface area (Å²) in [7, 11) is 1.54. The van der Waals surface area contributed by atoms with Crippen molar-refractivity contribution in [2.24, 2.45) is 0 Å². The smallest absolute Gasteiger partial charge is 0.343 e. The first kappa shape index (κ1) is 25.8. The number of rotatable bonds is 9. The molecular weight excluding hydrogens is 486 g/mol. The Bertz CT molecular complexity index is 1430. The summed E-state index contributed by atoms with van der Waals surface area (Å²) in [6.07, 6.45) is 0.